The van der Waals surface area contributed by atoms with Crippen LogP contribution in [0.4, 0.5) is 4.39 Å². The number of benzene rings is 1. The Morgan fingerprint density at radius 1 is 1.38 bits per heavy atom. The fourth-order valence-electron chi connectivity index (χ4n) is 2.74. The zero-order valence-corrected chi connectivity index (χ0v) is 14.6. The van der Waals surface area contributed by atoms with Crippen LogP contribution in [0.15, 0.2) is 35.7 Å². The largest absolute Gasteiger partial charge is 0.379 e. The van der Waals surface area contributed by atoms with Gasteiger partial charge in [-0.05, 0) is 29.6 Å². The van der Waals surface area contributed by atoms with Gasteiger partial charge in [0.15, 0.2) is 0 Å². The molecule has 1 aromatic carbocycles. The van der Waals surface area contributed by atoms with Gasteiger partial charge in [-0.15, -0.1) is 11.3 Å². The fourth-order valence-corrected chi connectivity index (χ4v) is 3.85. The maximum atomic E-state index is 13.1. The number of hydrogen-bond acceptors (Lipinski definition) is 4. The zero-order chi connectivity index (χ0) is 16.9. The van der Waals surface area contributed by atoms with Crippen molar-refractivity contribution in [2.75, 3.05) is 32.8 Å². The van der Waals surface area contributed by atoms with Crippen LogP contribution in [0.2, 0.25) is 5.02 Å². The van der Waals surface area contributed by atoms with Gasteiger partial charge in [-0.2, -0.15) is 0 Å². The average Bonchev–Trinajstić information content (AvgIpc) is 3.10. The van der Waals surface area contributed by atoms with E-state index in [1.54, 1.807) is 11.3 Å². The second-order valence-electron chi connectivity index (χ2n) is 5.51. The molecule has 128 valence electrons. The summed E-state index contributed by atoms with van der Waals surface area (Å²) in [7, 11) is 0. The number of nitrogens with one attached hydrogen (secondary N) is 1. The van der Waals surface area contributed by atoms with Crippen LogP contribution in [0.3, 0.4) is 0 Å². The second kappa shape index (κ2) is 8.07. The van der Waals surface area contributed by atoms with E-state index in [0.29, 0.717) is 19.8 Å². The van der Waals surface area contributed by atoms with E-state index >= 15 is 0 Å². The normalized spacial score (nSPS) is 16.8. The lowest BCUT2D eigenvalue weighted by atomic mass is 10.1. The molecule has 1 amide bonds. The number of nitrogens with zero attached hydrogens (tertiary/aromatic N) is 1. The van der Waals surface area contributed by atoms with E-state index in [4.69, 9.17) is 16.3 Å². The minimum absolute atomic E-state index is 0.0945. The average molecular weight is 369 g/mol. The summed E-state index contributed by atoms with van der Waals surface area (Å²) in [5, 5.41) is 5.07. The molecular weight excluding hydrogens is 351 g/mol. The standard InChI is InChI=1S/C17H18ClFN2O2S/c18-14-10-12(19)3-4-13(14)17(22)20-11-15(16-2-1-9-24-16)21-5-7-23-8-6-21/h1-4,9-10,15H,5-8,11H2,(H,20,22). The maximum Gasteiger partial charge on any atom is 0.252 e. The fraction of sp³-hybridized carbons (Fsp3) is 0.353. The topological polar surface area (TPSA) is 41.6 Å². The van der Waals surface area contributed by atoms with Crippen LogP contribution in [0.1, 0.15) is 21.3 Å². The van der Waals surface area contributed by atoms with E-state index in [0.717, 1.165) is 19.2 Å². The lowest BCUT2D eigenvalue weighted by Gasteiger charge is -2.34. The highest BCUT2D eigenvalue weighted by molar-refractivity contribution is 7.10. The van der Waals surface area contributed by atoms with Gasteiger partial charge >= 0.3 is 0 Å². The van der Waals surface area contributed by atoms with E-state index in [9.17, 15) is 9.18 Å². The number of carbonyl (C=O) groups excluding carboxylic acids is 1. The molecule has 1 saturated heterocycles. The molecule has 0 aliphatic carbocycles. The van der Waals surface area contributed by atoms with Crippen molar-refractivity contribution < 1.29 is 13.9 Å². The van der Waals surface area contributed by atoms with Crippen LogP contribution >= 0.6 is 22.9 Å². The summed E-state index contributed by atoms with van der Waals surface area (Å²) in [5.74, 6) is -0.754. The molecule has 1 aromatic heterocycles. The molecule has 2 heterocycles. The first-order chi connectivity index (χ1) is 11.6. The summed E-state index contributed by atoms with van der Waals surface area (Å²) >= 11 is 7.63. The molecule has 4 nitrogen and oxygen atoms in total. The molecule has 2 aromatic rings. The number of amides is 1. The molecule has 1 aliphatic heterocycles. The van der Waals surface area contributed by atoms with Crippen molar-refractivity contribution in [3.8, 4) is 0 Å². The minimum Gasteiger partial charge on any atom is -0.379 e. The summed E-state index contributed by atoms with van der Waals surface area (Å²) in [4.78, 5) is 15.9. The first-order valence-electron chi connectivity index (χ1n) is 7.73. The third kappa shape index (κ3) is 4.13. The van der Waals surface area contributed by atoms with Gasteiger partial charge in [-0.3, -0.25) is 9.69 Å². The molecule has 0 saturated carbocycles. The monoisotopic (exact) mass is 368 g/mol. The van der Waals surface area contributed by atoms with Gasteiger partial charge in [0, 0.05) is 24.5 Å². The van der Waals surface area contributed by atoms with Gasteiger partial charge in [0.25, 0.3) is 5.91 Å². The molecule has 0 spiro atoms. The van der Waals surface area contributed by atoms with Crippen LogP contribution in [-0.2, 0) is 4.74 Å². The van der Waals surface area contributed by atoms with Crippen molar-refractivity contribution in [2.45, 2.75) is 6.04 Å². The predicted octanol–water partition coefficient (Wildman–Crippen LogP) is 3.34. The molecule has 24 heavy (non-hydrogen) atoms. The Bertz CT molecular complexity index is 690. The minimum atomic E-state index is -0.457. The van der Waals surface area contributed by atoms with E-state index in [-0.39, 0.29) is 22.5 Å². The summed E-state index contributed by atoms with van der Waals surface area (Å²) < 4.78 is 18.5. The van der Waals surface area contributed by atoms with Gasteiger partial charge < -0.3 is 10.1 Å². The molecule has 7 heteroatoms. The van der Waals surface area contributed by atoms with Crippen LogP contribution < -0.4 is 5.32 Å². The Labute approximate surface area is 149 Å². The first kappa shape index (κ1) is 17.4. The summed E-state index contributed by atoms with van der Waals surface area (Å²) in [6.45, 7) is 3.51. The predicted molar refractivity (Wildman–Crippen MR) is 93.2 cm³/mol. The van der Waals surface area contributed by atoms with Crippen LogP contribution in [0.25, 0.3) is 0 Å². The smallest absolute Gasteiger partial charge is 0.252 e. The Hall–Kier alpha value is -1.47. The molecule has 3 rings (SSSR count). The van der Waals surface area contributed by atoms with Gasteiger partial charge in [0.1, 0.15) is 5.82 Å². The SMILES string of the molecule is O=C(NCC(c1cccs1)N1CCOCC1)c1ccc(F)cc1Cl. The summed E-state index contributed by atoms with van der Waals surface area (Å²) in [5.41, 5.74) is 0.282. The highest BCUT2D eigenvalue weighted by Gasteiger charge is 2.24. The van der Waals surface area contributed by atoms with Crippen molar-refractivity contribution in [3.63, 3.8) is 0 Å². The Balaban J connectivity index is 1.70. The van der Waals surface area contributed by atoms with Gasteiger partial charge in [0.2, 0.25) is 0 Å². The van der Waals surface area contributed by atoms with Crippen LogP contribution in [0.5, 0.6) is 0 Å². The summed E-state index contributed by atoms with van der Waals surface area (Å²) in [6, 6.07) is 7.96. The van der Waals surface area contributed by atoms with Crippen LogP contribution in [-0.4, -0.2) is 43.7 Å². The van der Waals surface area contributed by atoms with E-state index in [1.165, 1.54) is 17.0 Å². The molecule has 1 unspecified atom stereocenters. The molecule has 0 radical (unpaired) electrons. The van der Waals surface area contributed by atoms with Crippen molar-refractivity contribution in [2.24, 2.45) is 0 Å². The highest BCUT2D eigenvalue weighted by Crippen LogP contribution is 2.26. The number of thiophene rings is 1. The molecular formula is C17H18ClFN2O2S. The zero-order valence-electron chi connectivity index (χ0n) is 13.0. The van der Waals surface area contributed by atoms with E-state index in [1.807, 2.05) is 11.4 Å². The first-order valence-corrected chi connectivity index (χ1v) is 8.99. The molecule has 1 N–H and O–H groups in total. The number of morpholine rings is 1. The number of carbonyl (C=O) groups is 1. The highest BCUT2D eigenvalue weighted by atomic mass is 35.5. The maximum absolute atomic E-state index is 13.1. The van der Waals surface area contributed by atoms with E-state index < -0.39 is 5.82 Å². The number of rotatable bonds is 5. The number of hydrogen-bond donors (Lipinski definition) is 1. The van der Waals surface area contributed by atoms with Crippen molar-refractivity contribution in [1.82, 2.24) is 10.2 Å². The Morgan fingerprint density at radius 3 is 2.83 bits per heavy atom. The quantitative estimate of drug-likeness (QED) is 0.880. The molecule has 0 bridgehead atoms. The van der Waals surface area contributed by atoms with Crippen molar-refractivity contribution in [1.29, 1.82) is 0 Å². The molecule has 1 aliphatic rings. The van der Waals surface area contributed by atoms with Crippen molar-refractivity contribution >= 4 is 28.8 Å². The molecule has 1 atom stereocenters. The van der Waals surface area contributed by atoms with Gasteiger partial charge in [0.05, 0.1) is 29.8 Å². The van der Waals surface area contributed by atoms with Crippen LogP contribution in [0, 0.1) is 5.82 Å². The Kier molecular flexibility index (Phi) is 5.84. The van der Waals surface area contributed by atoms with E-state index in [2.05, 4.69) is 16.3 Å². The van der Waals surface area contributed by atoms with Crippen molar-refractivity contribution in [3.05, 3.63) is 57.0 Å². The second-order valence-corrected chi connectivity index (χ2v) is 6.90. The van der Waals surface area contributed by atoms with Gasteiger partial charge in [-0.1, -0.05) is 17.7 Å². The third-order valence-corrected chi connectivity index (χ3v) is 5.28. The number of halogens is 2. The third-order valence-electron chi connectivity index (χ3n) is 3.99. The number of ether oxygens (including phenoxy) is 1. The Morgan fingerprint density at radius 2 is 2.17 bits per heavy atom. The summed E-state index contributed by atoms with van der Waals surface area (Å²) in [6.07, 6.45) is 0. The lowest BCUT2D eigenvalue weighted by Crippen LogP contribution is -2.43. The lowest BCUT2D eigenvalue weighted by molar-refractivity contribution is 0.0169. The molecule has 1 fully saturated rings. The van der Waals surface area contributed by atoms with Gasteiger partial charge in [-0.25, -0.2) is 4.39 Å².